The number of ether oxygens (including phenoxy) is 4. The highest BCUT2D eigenvalue weighted by Crippen LogP contribution is 2.36. The Morgan fingerprint density at radius 3 is 1.20 bits per heavy atom. The van der Waals surface area contributed by atoms with E-state index in [2.05, 4.69) is 123 Å². The number of esters is 4. The minimum atomic E-state index is -1.31. The maximum Gasteiger partial charge on any atom is 0.310 e. The summed E-state index contributed by atoms with van der Waals surface area (Å²) < 4.78 is 24.6. The highest BCUT2D eigenvalue weighted by Gasteiger charge is 2.45. The topological polar surface area (TPSA) is 117 Å². The van der Waals surface area contributed by atoms with Crippen LogP contribution in [0, 0.1) is 33.5 Å². The largest absolute Gasteiger partial charge is 0.465 e. The number of hydrogen-bond acceptors (Lipinski definition) is 9. The van der Waals surface area contributed by atoms with Gasteiger partial charge >= 0.3 is 23.9 Å². The predicted molar refractivity (Wildman–Crippen MR) is 250 cm³/mol. The predicted octanol–water partition coefficient (Wildman–Crippen LogP) is 13.3. The first-order valence-electron chi connectivity index (χ1n) is 24.3. The molecule has 0 spiro atoms. The van der Waals surface area contributed by atoms with E-state index in [0.29, 0.717) is 44.9 Å². The van der Waals surface area contributed by atoms with Crippen LogP contribution in [0.15, 0.2) is 0 Å². The Bertz CT molecular complexity index is 1260. The molecule has 0 aliphatic carbocycles. The van der Waals surface area contributed by atoms with Crippen LogP contribution in [-0.2, 0) is 38.1 Å². The average molecular weight is 864 g/mol. The minimum absolute atomic E-state index is 0.119. The molecular weight excluding hydrogens is 767 g/mol. The third-order valence-corrected chi connectivity index (χ3v) is 11.2. The zero-order chi connectivity index (χ0) is 46.9. The molecule has 1 aliphatic rings. The smallest absolute Gasteiger partial charge is 0.310 e. The molecule has 0 aromatic carbocycles. The van der Waals surface area contributed by atoms with Gasteiger partial charge in [-0.25, -0.2) is 0 Å². The number of piperidine rings is 1. The third kappa shape index (κ3) is 28.3. The first kappa shape index (κ1) is 56.9. The van der Waals surface area contributed by atoms with Crippen LogP contribution in [0.1, 0.15) is 240 Å². The van der Waals surface area contributed by atoms with E-state index in [1.807, 2.05) is 0 Å². The Labute approximate surface area is 375 Å². The molecule has 1 rings (SSSR count). The maximum absolute atomic E-state index is 14.6. The van der Waals surface area contributed by atoms with Crippen molar-refractivity contribution in [3.05, 3.63) is 0 Å². The molecule has 358 valence electrons. The summed E-state index contributed by atoms with van der Waals surface area (Å²) in [5.41, 5.74) is -1.12. The molecule has 0 saturated carbocycles. The fourth-order valence-corrected chi connectivity index (χ4v) is 9.26. The van der Waals surface area contributed by atoms with Gasteiger partial charge in [0.2, 0.25) is 0 Å². The Hall–Kier alpha value is -2.16. The summed E-state index contributed by atoms with van der Waals surface area (Å²) in [6.07, 6.45) is 14.3. The molecule has 0 aromatic heterocycles. The zero-order valence-electron chi connectivity index (χ0n) is 42.8. The Morgan fingerprint density at radius 2 is 0.852 bits per heavy atom. The van der Waals surface area contributed by atoms with Gasteiger partial charge in [-0.1, -0.05) is 154 Å². The molecule has 1 N–H and O–H groups in total. The van der Waals surface area contributed by atoms with E-state index in [4.69, 9.17) is 18.9 Å². The lowest BCUT2D eigenvalue weighted by Gasteiger charge is -2.46. The summed E-state index contributed by atoms with van der Waals surface area (Å²) in [4.78, 5) is 57.1. The number of carbonyl (C=O) groups excluding carboxylic acids is 4. The second kappa shape index (κ2) is 25.4. The van der Waals surface area contributed by atoms with Crippen molar-refractivity contribution in [1.82, 2.24) is 5.32 Å². The molecule has 0 aromatic rings. The minimum Gasteiger partial charge on any atom is -0.465 e. The van der Waals surface area contributed by atoms with Crippen LogP contribution in [0.2, 0.25) is 0 Å². The van der Waals surface area contributed by atoms with Gasteiger partial charge in [-0.2, -0.15) is 0 Å². The summed E-state index contributed by atoms with van der Waals surface area (Å²) in [6.45, 7) is 36.0. The highest BCUT2D eigenvalue weighted by atomic mass is 16.6. The third-order valence-electron chi connectivity index (χ3n) is 11.2. The number of carbonyl (C=O) groups is 4. The molecule has 0 amide bonds. The molecule has 9 heteroatoms. The van der Waals surface area contributed by atoms with Crippen molar-refractivity contribution in [2.24, 2.45) is 33.5 Å². The van der Waals surface area contributed by atoms with Crippen LogP contribution in [0.5, 0.6) is 0 Å². The fourth-order valence-electron chi connectivity index (χ4n) is 9.26. The number of rotatable bonds is 26. The van der Waals surface area contributed by atoms with Crippen molar-refractivity contribution in [3.8, 4) is 0 Å². The van der Waals surface area contributed by atoms with E-state index in [1.54, 1.807) is 0 Å². The lowest BCUT2D eigenvalue weighted by molar-refractivity contribution is -0.174. The zero-order valence-corrected chi connectivity index (χ0v) is 42.8. The summed E-state index contributed by atoms with van der Waals surface area (Å²) in [7, 11) is 0. The molecule has 1 fully saturated rings. The monoisotopic (exact) mass is 864 g/mol. The summed E-state index contributed by atoms with van der Waals surface area (Å²) in [6, 6.07) is 0. The van der Waals surface area contributed by atoms with Crippen LogP contribution in [-0.4, -0.2) is 59.9 Å². The molecule has 61 heavy (non-hydrogen) atoms. The Morgan fingerprint density at radius 1 is 0.525 bits per heavy atom. The van der Waals surface area contributed by atoms with Gasteiger partial charge in [-0.15, -0.1) is 0 Å². The summed E-state index contributed by atoms with van der Waals surface area (Å²) >= 11 is 0. The first-order chi connectivity index (χ1) is 27.8. The number of unbranched alkanes of at least 4 members (excludes halogenated alkanes) is 10. The van der Waals surface area contributed by atoms with E-state index >= 15 is 0 Å². The van der Waals surface area contributed by atoms with E-state index in [1.165, 1.54) is 44.9 Å². The molecule has 2 unspecified atom stereocenters. The van der Waals surface area contributed by atoms with Gasteiger partial charge < -0.3 is 24.3 Å². The van der Waals surface area contributed by atoms with Gasteiger partial charge in [0, 0.05) is 23.9 Å². The second-order valence-electron chi connectivity index (χ2n) is 25.0. The van der Waals surface area contributed by atoms with E-state index in [-0.39, 0.29) is 39.3 Å². The number of nitrogens with one attached hydrogen (secondary N) is 1. The highest BCUT2D eigenvalue weighted by molar-refractivity contribution is 5.88. The molecule has 1 heterocycles. The van der Waals surface area contributed by atoms with Gasteiger partial charge in [-0.05, 0) is 81.5 Å². The van der Waals surface area contributed by atoms with Crippen molar-refractivity contribution in [2.45, 2.75) is 269 Å². The van der Waals surface area contributed by atoms with Crippen LogP contribution in [0.4, 0.5) is 0 Å². The lowest BCUT2D eigenvalue weighted by Crippen LogP contribution is -2.60. The van der Waals surface area contributed by atoms with E-state index < -0.39 is 66.9 Å². The molecule has 0 bridgehead atoms. The Kier molecular flexibility index (Phi) is 23.6. The Balaban J connectivity index is 3.49. The van der Waals surface area contributed by atoms with Gasteiger partial charge in [0.05, 0.1) is 31.3 Å². The first-order valence-corrected chi connectivity index (χ1v) is 24.3. The standard InChI is InChI=1S/C52H97NO8/c1-18-19-20-21-22-23-24-25-26-27-28-29-58-45(56)41(30-43(54)59-38(32-47(2,3)4)33-48(5,6)7)42(46(57)61-40-36-51(14,15)53-52(16,17)37-40)31-44(55)60-39(34-49(8,9)10)35-50(11,12)13/h38-42,53H,18-37H2,1-17H3. The van der Waals surface area contributed by atoms with Crippen LogP contribution in [0.3, 0.4) is 0 Å². The molecule has 1 aliphatic heterocycles. The van der Waals surface area contributed by atoms with E-state index in [9.17, 15) is 19.2 Å². The van der Waals surface area contributed by atoms with Crippen molar-refractivity contribution in [3.63, 3.8) is 0 Å². The quantitative estimate of drug-likeness (QED) is 0.0515. The second-order valence-corrected chi connectivity index (χ2v) is 25.0. The average Bonchev–Trinajstić information content (AvgIpc) is 3.01. The van der Waals surface area contributed by atoms with Crippen molar-refractivity contribution in [1.29, 1.82) is 0 Å². The normalized spacial score (nSPS) is 17.2. The van der Waals surface area contributed by atoms with Gasteiger partial charge in [-0.3, -0.25) is 19.2 Å². The van der Waals surface area contributed by atoms with Crippen molar-refractivity contribution in [2.75, 3.05) is 6.61 Å². The summed E-state index contributed by atoms with van der Waals surface area (Å²) in [5.74, 6) is -5.17. The SMILES string of the molecule is CCCCCCCCCCCCCOC(=O)C(CC(=O)OC(CC(C)(C)C)CC(C)(C)C)C(CC(=O)OC(CC(C)(C)C)CC(C)(C)C)C(=O)OC1CC(C)(C)NC(C)(C)C1. The van der Waals surface area contributed by atoms with Crippen LogP contribution < -0.4 is 5.32 Å². The molecular formula is C52H97NO8. The molecule has 2 atom stereocenters. The molecule has 0 radical (unpaired) electrons. The van der Waals surface area contributed by atoms with Gasteiger partial charge in [0.25, 0.3) is 0 Å². The van der Waals surface area contributed by atoms with E-state index in [0.717, 1.165) is 19.3 Å². The van der Waals surface area contributed by atoms with Crippen LogP contribution in [0.25, 0.3) is 0 Å². The number of hydrogen-bond donors (Lipinski definition) is 1. The van der Waals surface area contributed by atoms with Gasteiger partial charge in [0.15, 0.2) is 0 Å². The summed E-state index contributed by atoms with van der Waals surface area (Å²) in [5, 5.41) is 3.63. The van der Waals surface area contributed by atoms with Gasteiger partial charge in [0.1, 0.15) is 18.3 Å². The lowest BCUT2D eigenvalue weighted by atomic mass is 9.80. The van der Waals surface area contributed by atoms with Crippen LogP contribution >= 0.6 is 0 Å². The molecule has 9 nitrogen and oxygen atoms in total. The fraction of sp³-hybridized carbons (Fsp3) is 0.923. The van der Waals surface area contributed by atoms with Crippen molar-refractivity contribution < 1.29 is 38.1 Å². The molecule has 1 saturated heterocycles. The maximum atomic E-state index is 14.6. The van der Waals surface area contributed by atoms with Crippen molar-refractivity contribution >= 4 is 23.9 Å².